The summed E-state index contributed by atoms with van der Waals surface area (Å²) in [5.74, 6) is -0.0686. The number of methoxy groups -OCH3 is 1. The predicted octanol–water partition coefficient (Wildman–Crippen LogP) is 2.15. The highest BCUT2D eigenvalue weighted by molar-refractivity contribution is 5.78. The van der Waals surface area contributed by atoms with E-state index in [-0.39, 0.29) is 22.7 Å². The Kier molecular flexibility index (Phi) is 3.11. The number of nitrogens with zero attached hydrogens (tertiary/aromatic N) is 1. The summed E-state index contributed by atoms with van der Waals surface area (Å²) in [7, 11) is 1.28. The van der Waals surface area contributed by atoms with Crippen LogP contribution in [0.1, 0.15) is 28.0 Å². The van der Waals surface area contributed by atoms with Crippen LogP contribution >= 0.6 is 0 Å². The molecule has 0 spiro atoms. The van der Waals surface area contributed by atoms with Gasteiger partial charge in [0.1, 0.15) is 5.69 Å². The number of aryl methyl sites for hydroxylation is 1. The van der Waals surface area contributed by atoms with Crippen molar-refractivity contribution in [3.63, 3.8) is 0 Å². The first-order valence-corrected chi connectivity index (χ1v) is 3.89. The van der Waals surface area contributed by atoms with Crippen molar-refractivity contribution in [2.24, 2.45) is 0 Å². The van der Waals surface area contributed by atoms with Crippen LogP contribution in [0.4, 0.5) is 8.78 Å². The van der Waals surface area contributed by atoms with Crippen molar-refractivity contribution in [1.82, 2.24) is 4.98 Å². The molecule has 0 aliphatic rings. The maximum absolute atomic E-state index is 12.4. The number of aldehydes is 1. The average Bonchev–Trinajstić information content (AvgIpc) is 2.16. The number of ether oxygens (including phenoxy) is 1. The molecule has 0 aliphatic carbocycles. The fraction of sp³-hybridized carbons (Fsp3) is 0.333. The number of carbonyl (C=O) groups excluding carboxylic acids is 1. The van der Waals surface area contributed by atoms with Crippen LogP contribution in [0.3, 0.4) is 0 Å². The summed E-state index contributed by atoms with van der Waals surface area (Å²) in [6.07, 6.45) is -2.14. The lowest BCUT2D eigenvalue weighted by Gasteiger charge is -2.08. The third-order valence-corrected chi connectivity index (χ3v) is 1.77. The fourth-order valence-electron chi connectivity index (χ4n) is 1.10. The van der Waals surface area contributed by atoms with Gasteiger partial charge in [-0.05, 0) is 18.6 Å². The molecule has 76 valence electrons. The highest BCUT2D eigenvalue weighted by Gasteiger charge is 2.16. The third kappa shape index (κ3) is 1.86. The van der Waals surface area contributed by atoms with Crippen molar-refractivity contribution in [3.8, 4) is 5.88 Å². The van der Waals surface area contributed by atoms with Gasteiger partial charge in [0.2, 0.25) is 5.88 Å². The van der Waals surface area contributed by atoms with Crippen molar-refractivity contribution in [3.05, 3.63) is 22.9 Å². The number of hydrogen-bond donors (Lipinski definition) is 0. The molecule has 0 aliphatic heterocycles. The van der Waals surface area contributed by atoms with Crippen molar-refractivity contribution >= 4 is 6.29 Å². The van der Waals surface area contributed by atoms with Gasteiger partial charge < -0.3 is 4.74 Å². The van der Waals surface area contributed by atoms with Crippen molar-refractivity contribution < 1.29 is 18.3 Å². The molecule has 3 nitrogen and oxygen atoms in total. The van der Waals surface area contributed by atoms with Crippen LogP contribution < -0.4 is 4.74 Å². The summed E-state index contributed by atoms with van der Waals surface area (Å²) >= 11 is 0. The lowest BCUT2D eigenvalue weighted by atomic mass is 10.1. The normalized spacial score (nSPS) is 10.4. The Morgan fingerprint density at radius 1 is 1.57 bits per heavy atom. The van der Waals surface area contributed by atoms with Crippen molar-refractivity contribution in [1.29, 1.82) is 0 Å². The maximum atomic E-state index is 12.4. The fourth-order valence-corrected chi connectivity index (χ4v) is 1.10. The SMILES string of the molecule is COc1nc(C(F)F)c(C)cc1C=O. The second-order valence-corrected chi connectivity index (χ2v) is 2.71. The third-order valence-electron chi connectivity index (χ3n) is 1.77. The van der Waals surface area contributed by atoms with Gasteiger partial charge in [0.25, 0.3) is 6.43 Å². The quantitative estimate of drug-likeness (QED) is 0.703. The number of pyridine rings is 1. The molecule has 0 N–H and O–H groups in total. The molecule has 0 saturated heterocycles. The van der Waals surface area contributed by atoms with Gasteiger partial charge in [-0.1, -0.05) is 0 Å². The number of halogens is 2. The minimum atomic E-state index is -2.66. The zero-order chi connectivity index (χ0) is 10.7. The summed E-state index contributed by atoms with van der Waals surface area (Å²) < 4.78 is 29.5. The molecule has 0 aromatic carbocycles. The number of hydrogen-bond acceptors (Lipinski definition) is 3. The second-order valence-electron chi connectivity index (χ2n) is 2.71. The molecule has 0 amide bonds. The number of alkyl halides is 2. The maximum Gasteiger partial charge on any atom is 0.280 e. The second kappa shape index (κ2) is 4.13. The molecule has 14 heavy (non-hydrogen) atoms. The lowest BCUT2D eigenvalue weighted by molar-refractivity contribution is 0.111. The molecule has 1 aromatic rings. The molecular formula is C9H9F2NO2. The Balaban J connectivity index is 3.30. The summed E-state index contributed by atoms with van der Waals surface area (Å²) in [6.45, 7) is 1.47. The molecule has 0 atom stereocenters. The standard InChI is InChI=1S/C9H9F2NO2/c1-5-3-6(4-13)9(14-2)12-7(5)8(10)11/h3-4,8H,1-2H3. The predicted molar refractivity (Wildman–Crippen MR) is 45.9 cm³/mol. The average molecular weight is 201 g/mol. The molecule has 5 heteroatoms. The van der Waals surface area contributed by atoms with E-state index in [2.05, 4.69) is 4.98 Å². The van der Waals surface area contributed by atoms with Gasteiger partial charge in [0, 0.05) is 0 Å². The van der Waals surface area contributed by atoms with Gasteiger partial charge in [0.05, 0.1) is 12.7 Å². The zero-order valence-electron chi connectivity index (χ0n) is 7.75. The number of rotatable bonds is 3. The van der Waals surface area contributed by atoms with Crippen LogP contribution in [-0.2, 0) is 0 Å². The summed E-state index contributed by atoms with van der Waals surface area (Å²) in [5.41, 5.74) is 0.102. The monoisotopic (exact) mass is 201 g/mol. The van der Waals surface area contributed by atoms with E-state index in [0.717, 1.165) is 0 Å². The van der Waals surface area contributed by atoms with Gasteiger partial charge in [-0.3, -0.25) is 4.79 Å². The van der Waals surface area contributed by atoms with Gasteiger partial charge in [-0.15, -0.1) is 0 Å². The van der Waals surface area contributed by atoms with E-state index in [1.54, 1.807) is 0 Å². The molecule has 0 saturated carbocycles. The Labute approximate surface area is 79.7 Å². The smallest absolute Gasteiger partial charge is 0.280 e. The first-order valence-electron chi connectivity index (χ1n) is 3.89. The molecule has 0 fully saturated rings. The first-order chi connectivity index (χ1) is 6.60. The van der Waals surface area contributed by atoms with Crippen molar-refractivity contribution in [2.75, 3.05) is 7.11 Å². The van der Waals surface area contributed by atoms with E-state index in [9.17, 15) is 13.6 Å². The number of aromatic nitrogens is 1. The minimum Gasteiger partial charge on any atom is -0.480 e. The summed E-state index contributed by atoms with van der Waals surface area (Å²) in [4.78, 5) is 14.1. The van der Waals surface area contributed by atoms with E-state index in [1.807, 2.05) is 0 Å². The van der Waals surface area contributed by atoms with Gasteiger partial charge in [0.15, 0.2) is 6.29 Å². The highest BCUT2D eigenvalue weighted by Crippen LogP contribution is 2.25. The van der Waals surface area contributed by atoms with Crippen LogP contribution in [0, 0.1) is 6.92 Å². The molecular weight excluding hydrogens is 192 g/mol. The zero-order valence-corrected chi connectivity index (χ0v) is 7.75. The van der Waals surface area contributed by atoms with Crippen LogP contribution in [0.25, 0.3) is 0 Å². The van der Waals surface area contributed by atoms with E-state index < -0.39 is 6.43 Å². The van der Waals surface area contributed by atoms with Crippen molar-refractivity contribution in [2.45, 2.75) is 13.3 Å². The molecule has 0 bridgehead atoms. The van der Waals surface area contributed by atoms with Gasteiger partial charge >= 0.3 is 0 Å². The summed E-state index contributed by atoms with van der Waals surface area (Å²) in [6, 6.07) is 1.33. The van der Waals surface area contributed by atoms with E-state index >= 15 is 0 Å². The lowest BCUT2D eigenvalue weighted by Crippen LogP contribution is -2.01. The van der Waals surface area contributed by atoms with E-state index in [4.69, 9.17) is 4.74 Å². The van der Waals surface area contributed by atoms with E-state index in [0.29, 0.717) is 6.29 Å². The molecule has 0 radical (unpaired) electrons. The van der Waals surface area contributed by atoms with Crippen LogP contribution in [0.5, 0.6) is 5.88 Å². The van der Waals surface area contributed by atoms with Crippen LogP contribution in [-0.4, -0.2) is 18.4 Å². The Morgan fingerprint density at radius 3 is 2.64 bits per heavy atom. The Hall–Kier alpha value is -1.52. The Morgan fingerprint density at radius 2 is 2.21 bits per heavy atom. The topological polar surface area (TPSA) is 39.2 Å². The number of carbonyl (C=O) groups is 1. The van der Waals surface area contributed by atoms with Gasteiger partial charge in [-0.25, -0.2) is 13.8 Å². The summed E-state index contributed by atoms with van der Waals surface area (Å²) in [5, 5.41) is 0. The molecule has 1 heterocycles. The minimum absolute atomic E-state index is 0.0686. The first kappa shape index (κ1) is 10.6. The van der Waals surface area contributed by atoms with Crippen LogP contribution in [0.2, 0.25) is 0 Å². The molecule has 0 unspecified atom stereocenters. The molecule has 1 aromatic heterocycles. The van der Waals surface area contributed by atoms with Crippen LogP contribution in [0.15, 0.2) is 6.07 Å². The van der Waals surface area contributed by atoms with E-state index in [1.165, 1.54) is 20.1 Å². The highest BCUT2D eigenvalue weighted by atomic mass is 19.3. The molecule has 1 rings (SSSR count). The van der Waals surface area contributed by atoms with Gasteiger partial charge in [-0.2, -0.15) is 0 Å². The largest absolute Gasteiger partial charge is 0.480 e. The Bertz CT molecular complexity index is 353.